The molecular weight excluding hydrogens is 236 g/mol. The maximum absolute atomic E-state index is 12.7. The predicted molar refractivity (Wildman–Crippen MR) is 76.0 cm³/mol. The Kier molecular flexibility index (Phi) is 3.31. The first-order valence-corrected chi connectivity index (χ1v) is 7.26. The summed E-state index contributed by atoms with van der Waals surface area (Å²) < 4.78 is 0. The smallest absolute Gasteiger partial charge is 0.230 e. The third kappa shape index (κ3) is 2.27. The van der Waals surface area contributed by atoms with Crippen molar-refractivity contribution < 1.29 is 4.79 Å². The summed E-state index contributed by atoms with van der Waals surface area (Å²) in [5.41, 5.74) is 0.938. The van der Waals surface area contributed by atoms with E-state index in [0.717, 1.165) is 38.8 Å². The van der Waals surface area contributed by atoms with Crippen molar-refractivity contribution in [2.75, 3.05) is 20.1 Å². The minimum Gasteiger partial charge on any atom is -0.351 e. The van der Waals surface area contributed by atoms with Gasteiger partial charge in [0.05, 0.1) is 5.41 Å². The van der Waals surface area contributed by atoms with Gasteiger partial charge in [0.1, 0.15) is 0 Å². The van der Waals surface area contributed by atoms with Gasteiger partial charge in [0.15, 0.2) is 0 Å². The lowest BCUT2D eigenvalue weighted by Gasteiger charge is -2.41. The first-order chi connectivity index (χ1) is 9.21. The molecule has 0 bridgehead atoms. The molecule has 1 amide bonds. The van der Waals surface area contributed by atoms with Crippen molar-refractivity contribution in [1.82, 2.24) is 10.2 Å². The van der Waals surface area contributed by atoms with Crippen LogP contribution in [0.25, 0.3) is 0 Å². The van der Waals surface area contributed by atoms with Crippen LogP contribution < -0.4 is 5.32 Å². The van der Waals surface area contributed by atoms with Gasteiger partial charge < -0.3 is 10.2 Å². The lowest BCUT2D eigenvalue weighted by molar-refractivity contribution is -0.130. The van der Waals surface area contributed by atoms with Crippen molar-refractivity contribution in [2.24, 2.45) is 0 Å². The van der Waals surface area contributed by atoms with Gasteiger partial charge in [0.2, 0.25) is 5.91 Å². The molecule has 1 aromatic carbocycles. The monoisotopic (exact) mass is 258 g/mol. The fraction of sp³-hybridized carbons (Fsp3) is 0.562. The molecular formula is C16H22N2O. The van der Waals surface area contributed by atoms with E-state index in [1.807, 2.05) is 18.2 Å². The normalized spacial score (nSPS) is 25.8. The molecule has 1 unspecified atom stereocenters. The Bertz CT molecular complexity index is 453. The lowest BCUT2D eigenvalue weighted by atomic mass is 9.63. The predicted octanol–water partition coefficient (Wildman–Crippen LogP) is 1.93. The number of rotatable bonds is 3. The van der Waals surface area contributed by atoms with Gasteiger partial charge in [-0.05, 0) is 38.4 Å². The fourth-order valence-corrected chi connectivity index (χ4v) is 3.31. The van der Waals surface area contributed by atoms with Gasteiger partial charge in [-0.2, -0.15) is 0 Å². The summed E-state index contributed by atoms with van der Waals surface area (Å²) >= 11 is 0. The van der Waals surface area contributed by atoms with E-state index >= 15 is 0 Å². The summed E-state index contributed by atoms with van der Waals surface area (Å²) in [6.07, 6.45) is 4.22. The van der Waals surface area contributed by atoms with Crippen LogP contribution in [0.5, 0.6) is 0 Å². The summed E-state index contributed by atoms with van der Waals surface area (Å²) in [5.74, 6) is 0.241. The molecule has 1 saturated heterocycles. The zero-order valence-electron chi connectivity index (χ0n) is 11.6. The Balaban J connectivity index is 1.73. The van der Waals surface area contributed by atoms with Crippen LogP contribution in [0.4, 0.5) is 0 Å². The highest BCUT2D eigenvalue weighted by Gasteiger charge is 2.46. The van der Waals surface area contributed by atoms with E-state index in [4.69, 9.17) is 0 Å². The fourth-order valence-electron chi connectivity index (χ4n) is 3.31. The number of benzene rings is 1. The molecule has 0 radical (unpaired) electrons. The van der Waals surface area contributed by atoms with Gasteiger partial charge in [0.25, 0.3) is 0 Å². The SMILES string of the molecule is CN1CCC(NC(=O)C2(c3ccccc3)CCC2)C1. The largest absolute Gasteiger partial charge is 0.351 e. The summed E-state index contributed by atoms with van der Waals surface area (Å²) in [6.45, 7) is 2.07. The minimum atomic E-state index is -0.248. The first kappa shape index (κ1) is 12.7. The second-order valence-electron chi connectivity index (χ2n) is 6.02. The number of likely N-dealkylation sites (N-methyl/N-ethyl adjacent to an activating group) is 1. The molecule has 0 spiro atoms. The second kappa shape index (κ2) is 4.97. The van der Waals surface area contributed by atoms with Crippen LogP contribution in [-0.4, -0.2) is 37.0 Å². The van der Waals surface area contributed by atoms with E-state index in [2.05, 4.69) is 29.4 Å². The second-order valence-corrected chi connectivity index (χ2v) is 6.02. The van der Waals surface area contributed by atoms with Gasteiger partial charge in [0, 0.05) is 12.6 Å². The van der Waals surface area contributed by atoms with Crippen LogP contribution in [0.15, 0.2) is 30.3 Å². The quantitative estimate of drug-likeness (QED) is 0.898. The number of carbonyl (C=O) groups is 1. The van der Waals surface area contributed by atoms with Crippen molar-refractivity contribution in [1.29, 1.82) is 0 Å². The Labute approximate surface area is 115 Å². The van der Waals surface area contributed by atoms with Crippen LogP contribution >= 0.6 is 0 Å². The van der Waals surface area contributed by atoms with Gasteiger partial charge >= 0.3 is 0 Å². The molecule has 1 saturated carbocycles. The average Bonchev–Trinajstić information content (AvgIpc) is 2.75. The highest BCUT2D eigenvalue weighted by Crippen LogP contribution is 2.44. The Morgan fingerprint density at radius 1 is 1.32 bits per heavy atom. The van der Waals surface area contributed by atoms with Crippen LogP contribution in [0, 0.1) is 0 Å². The van der Waals surface area contributed by atoms with E-state index in [9.17, 15) is 4.79 Å². The van der Waals surface area contributed by atoms with Crippen molar-refractivity contribution in [3.63, 3.8) is 0 Å². The van der Waals surface area contributed by atoms with Crippen LogP contribution in [0.1, 0.15) is 31.2 Å². The summed E-state index contributed by atoms with van der Waals surface area (Å²) in [7, 11) is 2.11. The number of amides is 1. The number of hydrogen-bond donors (Lipinski definition) is 1. The van der Waals surface area contributed by atoms with Crippen molar-refractivity contribution in [3.8, 4) is 0 Å². The van der Waals surface area contributed by atoms with Crippen molar-refractivity contribution >= 4 is 5.91 Å². The van der Waals surface area contributed by atoms with Crippen LogP contribution in [0.2, 0.25) is 0 Å². The number of hydrogen-bond acceptors (Lipinski definition) is 2. The van der Waals surface area contributed by atoms with Crippen molar-refractivity contribution in [2.45, 2.75) is 37.1 Å². The summed E-state index contributed by atoms with van der Waals surface area (Å²) in [6, 6.07) is 10.6. The zero-order chi connectivity index (χ0) is 13.3. The molecule has 0 aromatic heterocycles. The van der Waals surface area contributed by atoms with Crippen molar-refractivity contribution in [3.05, 3.63) is 35.9 Å². The molecule has 3 rings (SSSR count). The van der Waals surface area contributed by atoms with Crippen LogP contribution in [-0.2, 0) is 10.2 Å². The number of nitrogens with one attached hydrogen (secondary N) is 1. The number of nitrogens with zero attached hydrogens (tertiary/aromatic N) is 1. The molecule has 1 heterocycles. The molecule has 1 aromatic rings. The highest BCUT2D eigenvalue weighted by atomic mass is 16.2. The summed E-state index contributed by atoms with van der Waals surface area (Å²) in [5, 5.41) is 3.27. The molecule has 1 aliphatic heterocycles. The molecule has 19 heavy (non-hydrogen) atoms. The maximum atomic E-state index is 12.7. The maximum Gasteiger partial charge on any atom is 0.230 e. The zero-order valence-corrected chi connectivity index (χ0v) is 11.6. The standard InChI is InChI=1S/C16H22N2O/c1-18-11-8-14(12-18)17-15(19)16(9-5-10-16)13-6-3-2-4-7-13/h2-4,6-7,14H,5,8-12H2,1H3,(H,17,19). The molecule has 1 atom stereocenters. The molecule has 1 N–H and O–H groups in total. The van der Waals surface area contributed by atoms with E-state index in [-0.39, 0.29) is 11.3 Å². The highest BCUT2D eigenvalue weighted by molar-refractivity contribution is 5.89. The minimum absolute atomic E-state index is 0.241. The summed E-state index contributed by atoms with van der Waals surface area (Å²) in [4.78, 5) is 15.0. The number of likely N-dealkylation sites (tertiary alicyclic amines) is 1. The number of carbonyl (C=O) groups excluding carboxylic acids is 1. The average molecular weight is 258 g/mol. The molecule has 2 aliphatic rings. The van der Waals surface area contributed by atoms with E-state index in [1.54, 1.807) is 0 Å². The topological polar surface area (TPSA) is 32.3 Å². The molecule has 3 nitrogen and oxygen atoms in total. The van der Waals surface area contributed by atoms with E-state index in [0.29, 0.717) is 6.04 Å². The molecule has 1 aliphatic carbocycles. The molecule has 3 heteroatoms. The lowest BCUT2D eigenvalue weighted by Crippen LogP contribution is -2.52. The van der Waals surface area contributed by atoms with Gasteiger partial charge in [-0.3, -0.25) is 4.79 Å². The van der Waals surface area contributed by atoms with E-state index < -0.39 is 0 Å². The van der Waals surface area contributed by atoms with Gasteiger partial charge in [-0.25, -0.2) is 0 Å². The third-order valence-electron chi connectivity index (χ3n) is 4.69. The van der Waals surface area contributed by atoms with E-state index in [1.165, 1.54) is 5.56 Å². The van der Waals surface area contributed by atoms with Gasteiger partial charge in [-0.15, -0.1) is 0 Å². The Morgan fingerprint density at radius 3 is 2.58 bits per heavy atom. The Hall–Kier alpha value is -1.35. The molecule has 102 valence electrons. The first-order valence-electron chi connectivity index (χ1n) is 7.26. The Morgan fingerprint density at radius 2 is 2.05 bits per heavy atom. The molecule has 2 fully saturated rings. The third-order valence-corrected chi connectivity index (χ3v) is 4.69. The van der Waals surface area contributed by atoms with Crippen LogP contribution in [0.3, 0.4) is 0 Å². The van der Waals surface area contributed by atoms with Gasteiger partial charge in [-0.1, -0.05) is 36.8 Å².